The van der Waals surface area contributed by atoms with Crippen LogP contribution in [0.25, 0.3) is 0 Å². The lowest BCUT2D eigenvalue weighted by Gasteiger charge is -2.36. The first-order chi connectivity index (χ1) is 22.0. The number of sulfonamides is 1. The fourth-order valence-corrected chi connectivity index (χ4v) is 7.25. The van der Waals surface area contributed by atoms with E-state index < -0.39 is 32.6 Å². The fraction of sp³-hybridized carbons (Fsp3) is 0.242. The zero-order valence-corrected chi connectivity index (χ0v) is 27.9. The van der Waals surface area contributed by atoms with Gasteiger partial charge in [-0.15, -0.1) is 11.8 Å². The number of nitrogens with one attached hydrogen (secondary N) is 2. The molecule has 1 heterocycles. The van der Waals surface area contributed by atoms with Crippen molar-refractivity contribution in [2.75, 3.05) is 48.7 Å². The third kappa shape index (κ3) is 8.84. The van der Waals surface area contributed by atoms with Gasteiger partial charge in [0.1, 0.15) is 0 Å². The highest BCUT2D eigenvalue weighted by molar-refractivity contribution is 9.10. The fourth-order valence-electron chi connectivity index (χ4n) is 5.05. The predicted molar refractivity (Wildman–Crippen MR) is 180 cm³/mol. The molecule has 46 heavy (non-hydrogen) atoms. The average Bonchev–Trinajstić information content (AvgIpc) is 3.04. The summed E-state index contributed by atoms with van der Waals surface area (Å²) in [6.07, 6.45) is -4.82. The van der Waals surface area contributed by atoms with Crippen molar-refractivity contribution in [1.82, 2.24) is 9.62 Å². The molecular weight excluding hydrogens is 701 g/mol. The third-order valence-electron chi connectivity index (χ3n) is 7.48. The van der Waals surface area contributed by atoms with Crippen LogP contribution in [0.2, 0.25) is 0 Å². The van der Waals surface area contributed by atoms with Crippen LogP contribution in [0.1, 0.15) is 21.5 Å². The van der Waals surface area contributed by atoms with Crippen molar-refractivity contribution in [3.05, 3.63) is 118 Å². The molecule has 0 saturated carbocycles. The molecule has 0 spiro atoms. The summed E-state index contributed by atoms with van der Waals surface area (Å²) < 4.78 is 70.7. The molecule has 0 aromatic heterocycles. The minimum absolute atomic E-state index is 0.0742. The Labute approximate surface area is 279 Å². The Morgan fingerprint density at radius 2 is 1.54 bits per heavy atom. The van der Waals surface area contributed by atoms with Gasteiger partial charge in [0.25, 0.3) is 15.9 Å². The van der Waals surface area contributed by atoms with Crippen LogP contribution in [0.4, 0.5) is 24.5 Å². The number of anilines is 2. The summed E-state index contributed by atoms with van der Waals surface area (Å²) in [4.78, 5) is 17.7. The lowest BCUT2D eigenvalue weighted by atomic mass is 10.1. The maximum Gasteiger partial charge on any atom is 0.418 e. The van der Waals surface area contributed by atoms with Crippen LogP contribution in [-0.4, -0.2) is 57.7 Å². The monoisotopic (exact) mass is 732 g/mol. The SMILES string of the molecule is O=C(NS(=O)(=O)c1ccc(NCCSc2ccccc2)c(C(F)(F)F)c1)c1ccc(N2CCN(Cc3ccccc3Br)CC2)cc1. The van der Waals surface area contributed by atoms with Crippen molar-refractivity contribution in [2.24, 2.45) is 0 Å². The number of thioether (sulfide) groups is 1. The zero-order valence-electron chi connectivity index (χ0n) is 24.6. The Hall–Kier alpha value is -3.52. The number of amides is 1. The lowest BCUT2D eigenvalue weighted by Crippen LogP contribution is -2.46. The van der Waals surface area contributed by atoms with Gasteiger partial charge >= 0.3 is 6.18 Å². The van der Waals surface area contributed by atoms with Crippen molar-refractivity contribution >= 4 is 55.0 Å². The number of nitrogens with zero attached hydrogens (tertiary/aromatic N) is 2. The molecule has 5 rings (SSSR count). The topological polar surface area (TPSA) is 81.7 Å². The molecule has 1 amide bonds. The average molecular weight is 734 g/mol. The van der Waals surface area contributed by atoms with Gasteiger partial charge in [-0.3, -0.25) is 9.69 Å². The van der Waals surface area contributed by atoms with Gasteiger partial charge in [-0.2, -0.15) is 13.2 Å². The zero-order chi connectivity index (χ0) is 32.7. The maximum absolute atomic E-state index is 13.9. The molecule has 13 heteroatoms. The Kier molecular flexibility index (Phi) is 11.0. The standard InChI is InChI=1S/C33H32BrF3N4O3S2/c34-30-9-5-4-6-25(30)23-40-17-19-41(20-18-40)26-12-10-24(11-13-26)32(42)39-46(43,44)28-14-15-31(29(22-28)33(35,36)37)38-16-21-45-27-7-2-1-3-8-27/h1-15,22,38H,16-21,23H2,(H,39,42). The van der Waals surface area contributed by atoms with E-state index in [0.29, 0.717) is 11.8 Å². The maximum atomic E-state index is 13.9. The van der Waals surface area contributed by atoms with Gasteiger partial charge in [0.2, 0.25) is 0 Å². The number of piperazine rings is 1. The van der Waals surface area contributed by atoms with Gasteiger partial charge < -0.3 is 10.2 Å². The Bertz CT molecular complexity index is 1750. The molecule has 0 aliphatic carbocycles. The van der Waals surface area contributed by atoms with Gasteiger partial charge in [0.15, 0.2) is 0 Å². The number of benzene rings is 4. The molecule has 1 aliphatic heterocycles. The predicted octanol–water partition coefficient (Wildman–Crippen LogP) is 7.11. The highest BCUT2D eigenvalue weighted by atomic mass is 79.9. The summed E-state index contributed by atoms with van der Waals surface area (Å²) in [6.45, 7) is 4.32. The second-order valence-electron chi connectivity index (χ2n) is 10.6. The lowest BCUT2D eigenvalue weighted by molar-refractivity contribution is -0.137. The largest absolute Gasteiger partial charge is 0.418 e. The summed E-state index contributed by atoms with van der Waals surface area (Å²) >= 11 is 5.08. The summed E-state index contributed by atoms with van der Waals surface area (Å²) in [7, 11) is -4.58. The van der Waals surface area contributed by atoms with Crippen LogP contribution in [-0.2, 0) is 22.7 Å². The Balaban J connectivity index is 1.18. The van der Waals surface area contributed by atoms with Crippen LogP contribution >= 0.6 is 27.7 Å². The molecule has 1 aliphatic rings. The highest BCUT2D eigenvalue weighted by Gasteiger charge is 2.35. The summed E-state index contributed by atoms with van der Waals surface area (Å²) in [5.74, 6) is -0.433. The van der Waals surface area contributed by atoms with Crippen molar-refractivity contribution in [3.63, 3.8) is 0 Å². The van der Waals surface area contributed by atoms with Gasteiger partial charge in [0.05, 0.1) is 10.5 Å². The first-order valence-corrected chi connectivity index (χ1v) is 17.8. The molecule has 4 aromatic rings. The number of halogens is 4. The molecule has 0 atom stereocenters. The van der Waals surface area contributed by atoms with Gasteiger partial charge in [-0.25, -0.2) is 13.1 Å². The minimum Gasteiger partial charge on any atom is -0.384 e. The van der Waals surface area contributed by atoms with Crippen LogP contribution in [0.3, 0.4) is 0 Å². The van der Waals surface area contributed by atoms with Crippen molar-refractivity contribution in [3.8, 4) is 0 Å². The Morgan fingerprint density at radius 3 is 2.22 bits per heavy atom. The first kappa shape index (κ1) is 33.8. The van der Waals surface area contributed by atoms with Crippen molar-refractivity contribution in [2.45, 2.75) is 22.5 Å². The third-order valence-corrected chi connectivity index (χ3v) is 10.6. The molecule has 4 aromatic carbocycles. The molecule has 1 fully saturated rings. The van der Waals surface area contributed by atoms with E-state index >= 15 is 0 Å². The normalized spacial score (nSPS) is 14.2. The number of carbonyl (C=O) groups excluding carboxylic acids is 1. The highest BCUT2D eigenvalue weighted by Crippen LogP contribution is 2.36. The second-order valence-corrected chi connectivity index (χ2v) is 14.3. The number of rotatable bonds is 11. The van der Waals surface area contributed by atoms with E-state index in [9.17, 15) is 26.4 Å². The van der Waals surface area contributed by atoms with E-state index in [1.807, 2.05) is 53.3 Å². The number of hydrogen-bond donors (Lipinski definition) is 2. The van der Waals surface area contributed by atoms with Crippen LogP contribution in [0.5, 0.6) is 0 Å². The molecule has 0 bridgehead atoms. The van der Waals surface area contributed by atoms with Crippen LogP contribution < -0.4 is 14.9 Å². The van der Waals surface area contributed by atoms with Crippen molar-refractivity contribution in [1.29, 1.82) is 0 Å². The van der Waals surface area contributed by atoms with Gasteiger partial charge in [0, 0.05) is 71.3 Å². The number of alkyl halides is 3. The van der Waals surface area contributed by atoms with Gasteiger partial charge in [-0.05, 0) is 66.2 Å². The Morgan fingerprint density at radius 1 is 0.870 bits per heavy atom. The van der Waals surface area contributed by atoms with E-state index in [0.717, 1.165) is 59.9 Å². The van der Waals surface area contributed by atoms with E-state index in [1.165, 1.54) is 29.5 Å². The first-order valence-electron chi connectivity index (χ1n) is 14.5. The second kappa shape index (κ2) is 14.9. The molecule has 0 radical (unpaired) electrons. The molecule has 1 saturated heterocycles. The van der Waals surface area contributed by atoms with E-state index in [1.54, 1.807) is 12.1 Å². The molecule has 7 nitrogen and oxygen atoms in total. The summed E-state index contributed by atoms with van der Waals surface area (Å²) in [6, 6.07) is 26.7. The molecular formula is C33H32BrF3N4O3S2. The van der Waals surface area contributed by atoms with Crippen molar-refractivity contribution < 1.29 is 26.4 Å². The van der Waals surface area contributed by atoms with Crippen LogP contribution in [0, 0.1) is 0 Å². The molecule has 2 N–H and O–H groups in total. The number of hydrogen-bond acceptors (Lipinski definition) is 7. The van der Waals surface area contributed by atoms with Crippen LogP contribution in [0.15, 0.2) is 111 Å². The van der Waals surface area contributed by atoms with E-state index in [4.69, 9.17) is 0 Å². The molecule has 242 valence electrons. The van der Waals surface area contributed by atoms with E-state index in [-0.39, 0.29) is 17.8 Å². The van der Waals surface area contributed by atoms with E-state index in [2.05, 4.69) is 37.1 Å². The minimum atomic E-state index is -4.82. The smallest absolute Gasteiger partial charge is 0.384 e. The quantitative estimate of drug-likeness (QED) is 0.126. The van der Waals surface area contributed by atoms with Gasteiger partial charge in [-0.1, -0.05) is 52.3 Å². The number of carbonyl (C=O) groups is 1. The summed E-state index contributed by atoms with van der Waals surface area (Å²) in [5, 5.41) is 2.75. The molecule has 0 unspecified atom stereocenters. The summed E-state index contributed by atoms with van der Waals surface area (Å²) in [5.41, 5.74) is 0.812.